The van der Waals surface area contributed by atoms with E-state index in [-0.39, 0.29) is 0 Å². The highest BCUT2D eigenvalue weighted by Gasteiger charge is 2.15. The summed E-state index contributed by atoms with van der Waals surface area (Å²) in [6, 6.07) is 7.58. The van der Waals surface area contributed by atoms with Crippen LogP contribution in [0.4, 0.5) is 10.5 Å². The largest absolute Gasteiger partial charge is 0.507 e. The number of carbonyl (C=O) groups is 1. The van der Waals surface area contributed by atoms with Crippen LogP contribution < -0.4 is 10.1 Å². The summed E-state index contributed by atoms with van der Waals surface area (Å²) < 4.78 is 5.18. The molecule has 0 heterocycles. The van der Waals surface area contributed by atoms with Crippen LogP contribution in [0.5, 0.6) is 11.5 Å². The van der Waals surface area contributed by atoms with E-state index in [0.29, 0.717) is 11.5 Å². The normalized spacial score (nSPS) is 13.5. The van der Waals surface area contributed by atoms with Crippen LogP contribution in [0, 0.1) is 13.8 Å². The molecule has 5 nitrogen and oxygen atoms in total. The fourth-order valence-electron chi connectivity index (χ4n) is 3.40. The summed E-state index contributed by atoms with van der Waals surface area (Å²) in [4.78, 5) is 15.9. The molecule has 2 aromatic rings. The van der Waals surface area contributed by atoms with Crippen LogP contribution in [0.15, 0.2) is 29.3 Å². The average molecular weight is 352 g/mol. The molecule has 0 saturated heterocycles. The second-order valence-corrected chi connectivity index (χ2v) is 6.65. The van der Waals surface area contributed by atoms with Crippen molar-refractivity contribution in [3.05, 3.63) is 52.1 Å². The monoisotopic (exact) mass is 352 g/mol. The number of fused-ring (bicyclic) bond motifs is 1. The number of nitrogens with zero attached hydrogens (tertiary/aromatic N) is 1. The topological polar surface area (TPSA) is 70.9 Å². The quantitative estimate of drug-likeness (QED) is 0.807. The maximum absolute atomic E-state index is 11.4. The number of benzene rings is 2. The van der Waals surface area contributed by atoms with Gasteiger partial charge in [-0.25, -0.2) is 4.79 Å². The van der Waals surface area contributed by atoms with E-state index >= 15 is 0 Å². The number of amides is 1. The first-order valence-corrected chi connectivity index (χ1v) is 8.88. The summed E-state index contributed by atoms with van der Waals surface area (Å²) in [6.45, 7) is 3.84. The SMILES string of the molecule is CNC(=O)Oc1cc(C)c(N=Cc2ccc3c(c2O)CCCC3)c(C)c1. The van der Waals surface area contributed by atoms with Gasteiger partial charge in [0.05, 0.1) is 5.69 Å². The number of phenolic OH excluding ortho intramolecular Hbond substituents is 1. The van der Waals surface area contributed by atoms with Gasteiger partial charge in [0.25, 0.3) is 0 Å². The Balaban J connectivity index is 1.88. The lowest BCUT2D eigenvalue weighted by Gasteiger charge is -2.17. The summed E-state index contributed by atoms with van der Waals surface area (Å²) in [7, 11) is 1.52. The number of aryl methyl sites for hydroxylation is 3. The number of rotatable bonds is 3. The zero-order valence-corrected chi connectivity index (χ0v) is 15.4. The molecule has 1 amide bonds. The Bertz CT molecular complexity index is 849. The summed E-state index contributed by atoms with van der Waals surface area (Å²) in [5, 5.41) is 13.0. The molecule has 5 heteroatoms. The number of ether oxygens (including phenoxy) is 1. The van der Waals surface area contributed by atoms with Gasteiger partial charge in [0.2, 0.25) is 0 Å². The molecule has 0 spiro atoms. The molecule has 1 aliphatic rings. The highest BCUT2D eigenvalue weighted by atomic mass is 16.5. The molecule has 0 aliphatic heterocycles. The third kappa shape index (κ3) is 3.72. The molecular formula is C21H24N2O3. The van der Waals surface area contributed by atoms with Gasteiger partial charge in [-0.15, -0.1) is 0 Å². The van der Waals surface area contributed by atoms with E-state index in [1.165, 1.54) is 19.0 Å². The van der Waals surface area contributed by atoms with Crippen LogP contribution in [0.1, 0.15) is 40.7 Å². The molecule has 26 heavy (non-hydrogen) atoms. The molecule has 0 fully saturated rings. The fourth-order valence-corrected chi connectivity index (χ4v) is 3.40. The standard InChI is InChI=1S/C21H24N2O3/c1-13-10-17(26-21(25)22-3)11-14(2)19(13)23-12-16-9-8-15-6-4-5-7-18(15)20(16)24/h8-12,24H,4-7H2,1-3H3,(H,22,25). The minimum atomic E-state index is -0.501. The number of hydrogen-bond acceptors (Lipinski definition) is 4. The van der Waals surface area contributed by atoms with E-state index in [0.717, 1.165) is 47.2 Å². The average Bonchev–Trinajstić information content (AvgIpc) is 2.62. The molecule has 1 aliphatic carbocycles. The lowest BCUT2D eigenvalue weighted by Crippen LogP contribution is -2.22. The van der Waals surface area contributed by atoms with Crippen LogP contribution in [0.3, 0.4) is 0 Å². The molecular weight excluding hydrogens is 328 g/mol. The van der Waals surface area contributed by atoms with Crippen molar-refractivity contribution in [1.29, 1.82) is 0 Å². The van der Waals surface area contributed by atoms with Crippen LogP contribution in [-0.2, 0) is 12.8 Å². The lowest BCUT2D eigenvalue weighted by atomic mass is 9.89. The maximum Gasteiger partial charge on any atom is 0.412 e. The number of nitrogens with one attached hydrogen (secondary N) is 1. The third-order valence-electron chi connectivity index (χ3n) is 4.75. The summed E-state index contributed by atoms with van der Waals surface area (Å²) in [5.74, 6) is 0.829. The highest BCUT2D eigenvalue weighted by molar-refractivity contribution is 5.87. The van der Waals surface area contributed by atoms with Crippen molar-refractivity contribution in [3.8, 4) is 11.5 Å². The van der Waals surface area contributed by atoms with Gasteiger partial charge in [-0.05, 0) is 80.0 Å². The molecule has 2 aromatic carbocycles. The smallest absolute Gasteiger partial charge is 0.412 e. The van der Waals surface area contributed by atoms with Crippen LogP contribution in [0.2, 0.25) is 0 Å². The number of carbonyl (C=O) groups excluding carboxylic acids is 1. The Morgan fingerprint density at radius 3 is 2.58 bits per heavy atom. The van der Waals surface area contributed by atoms with E-state index in [9.17, 15) is 9.90 Å². The summed E-state index contributed by atoms with van der Waals surface area (Å²) in [6.07, 6.45) is 5.46. The van der Waals surface area contributed by atoms with E-state index in [2.05, 4.69) is 16.4 Å². The summed E-state index contributed by atoms with van der Waals surface area (Å²) in [5.41, 5.74) is 5.65. The second-order valence-electron chi connectivity index (χ2n) is 6.65. The van der Waals surface area contributed by atoms with Crippen molar-refractivity contribution in [2.75, 3.05) is 7.05 Å². The van der Waals surface area contributed by atoms with E-state index in [1.807, 2.05) is 19.9 Å². The molecule has 0 radical (unpaired) electrons. The van der Waals surface area contributed by atoms with Gasteiger partial charge >= 0.3 is 6.09 Å². The maximum atomic E-state index is 11.4. The molecule has 3 rings (SSSR count). The number of aliphatic imine (C=N–C) groups is 1. The first kappa shape index (κ1) is 18.0. The van der Waals surface area contributed by atoms with Crippen molar-refractivity contribution in [3.63, 3.8) is 0 Å². The van der Waals surface area contributed by atoms with Gasteiger partial charge in [-0.1, -0.05) is 6.07 Å². The molecule has 0 unspecified atom stereocenters. The predicted octanol–water partition coefficient (Wildman–Crippen LogP) is 4.36. The van der Waals surface area contributed by atoms with Crippen molar-refractivity contribution in [2.45, 2.75) is 39.5 Å². The van der Waals surface area contributed by atoms with Gasteiger partial charge in [-0.2, -0.15) is 0 Å². The Labute approximate surface area is 153 Å². The van der Waals surface area contributed by atoms with Crippen molar-refractivity contribution in [1.82, 2.24) is 5.32 Å². The van der Waals surface area contributed by atoms with Crippen LogP contribution in [-0.4, -0.2) is 24.5 Å². The lowest BCUT2D eigenvalue weighted by molar-refractivity contribution is 0.203. The molecule has 0 aromatic heterocycles. The van der Waals surface area contributed by atoms with E-state index in [4.69, 9.17) is 4.74 Å². The first-order valence-electron chi connectivity index (χ1n) is 8.88. The van der Waals surface area contributed by atoms with Crippen molar-refractivity contribution < 1.29 is 14.6 Å². The molecule has 0 saturated carbocycles. The summed E-state index contributed by atoms with van der Waals surface area (Å²) >= 11 is 0. The van der Waals surface area contributed by atoms with Gasteiger partial charge in [0.1, 0.15) is 11.5 Å². The highest BCUT2D eigenvalue weighted by Crippen LogP contribution is 2.33. The second kappa shape index (κ2) is 7.60. The van der Waals surface area contributed by atoms with Crippen LogP contribution >= 0.6 is 0 Å². The van der Waals surface area contributed by atoms with E-state index < -0.39 is 6.09 Å². The van der Waals surface area contributed by atoms with Crippen molar-refractivity contribution in [2.24, 2.45) is 4.99 Å². The predicted molar refractivity (Wildman–Crippen MR) is 103 cm³/mol. The molecule has 2 N–H and O–H groups in total. The Morgan fingerprint density at radius 2 is 1.88 bits per heavy atom. The minimum Gasteiger partial charge on any atom is -0.507 e. The fraction of sp³-hybridized carbons (Fsp3) is 0.333. The zero-order valence-electron chi connectivity index (χ0n) is 15.4. The number of phenols is 1. The molecule has 0 atom stereocenters. The first-order chi connectivity index (χ1) is 12.5. The molecule has 0 bridgehead atoms. The number of hydrogen-bond donors (Lipinski definition) is 2. The van der Waals surface area contributed by atoms with Gasteiger partial charge < -0.3 is 15.2 Å². The van der Waals surface area contributed by atoms with E-state index in [1.54, 1.807) is 18.3 Å². The third-order valence-corrected chi connectivity index (χ3v) is 4.75. The Kier molecular flexibility index (Phi) is 5.26. The van der Waals surface area contributed by atoms with Gasteiger partial charge in [0.15, 0.2) is 0 Å². The molecule has 136 valence electrons. The van der Waals surface area contributed by atoms with Gasteiger partial charge in [0, 0.05) is 18.8 Å². The van der Waals surface area contributed by atoms with Crippen LogP contribution in [0.25, 0.3) is 0 Å². The Morgan fingerprint density at radius 1 is 1.19 bits per heavy atom. The van der Waals surface area contributed by atoms with Gasteiger partial charge in [-0.3, -0.25) is 4.99 Å². The Hall–Kier alpha value is -2.82. The minimum absolute atomic E-state index is 0.348. The van der Waals surface area contributed by atoms with Crippen molar-refractivity contribution >= 4 is 18.0 Å². The zero-order chi connectivity index (χ0) is 18.7. The number of aromatic hydroxyl groups is 1.